The molecule has 19 heavy (non-hydrogen) atoms. The highest BCUT2D eigenvalue weighted by molar-refractivity contribution is 4.74. The van der Waals surface area contributed by atoms with E-state index in [1.807, 2.05) is 0 Å². The van der Waals surface area contributed by atoms with Crippen molar-refractivity contribution in [1.82, 2.24) is 9.80 Å². The summed E-state index contributed by atoms with van der Waals surface area (Å²) in [5.74, 6) is 1.78. The molecular weight excluding hydrogens is 236 g/mol. The van der Waals surface area contributed by atoms with Gasteiger partial charge in [-0.15, -0.1) is 0 Å². The molecule has 2 heterocycles. The van der Waals surface area contributed by atoms with Gasteiger partial charge in [0.1, 0.15) is 0 Å². The molecule has 0 aromatic carbocycles. The van der Waals surface area contributed by atoms with E-state index in [9.17, 15) is 5.11 Å². The van der Waals surface area contributed by atoms with E-state index in [-0.39, 0.29) is 6.10 Å². The van der Waals surface area contributed by atoms with Crippen LogP contribution in [-0.2, 0) is 0 Å². The van der Waals surface area contributed by atoms with E-state index in [1.165, 1.54) is 51.9 Å². The average molecular weight is 268 g/mol. The Morgan fingerprint density at radius 2 is 1.37 bits per heavy atom. The number of likely N-dealkylation sites (tertiary alicyclic amines) is 2. The van der Waals surface area contributed by atoms with Gasteiger partial charge in [0.25, 0.3) is 0 Å². The molecular formula is C16H32N2O. The fourth-order valence-corrected chi connectivity index (χ4v) is 3.25. The second-order valence-corrected chi connectivity index (χ2v) is 6.95. The summed E-state index contributed by atoms with van der Waals surface area (Å²) in [5, 5.41) is 10.2. The van der Waals surface area contributed by atoms with Gasteiger partial charge in [-0.25, -0.2) is 0 Å². The zero-order valence-electron chi connectivity index (χ0n) is 12.9. The largest absolute Gasteiger partial charge is 0.392 e. The van der Waals surface area contributed by atoms with E-state index < -0.39 is 0 Å². The number of piperidine rings is 2. The molecule has 0 aromatic heterocycles. The quantitative estimate of drug-likeness (QED) is 0.828. The second kappa shape index (κ2) is 7.61. The summed E-state index contributed by atoms with van der Waals surface area (Å²) in [7, 11) is 0. The highest BCUT2D eigenvalue weighted by Crippen LogP contribution is 2.18. The molecule has 112 valence electrons. The van der Waals surface area contributed by atoms with Crippen molar-refractivity contribution in [3.63, 3.8) is 0 Å². The van der Waals surface area contributed by atoms with Gasteiger partial charge in [-0.1, -0.05) is 13.8 Å². The van der Waals surface area contributed by atoms with Crippen LogP contribution in [0.3, 0.4) is 0 Å². The lowest BCUT2D eigenvalue weighted by atomic mass is 9.98. The van der Waals surface area contributed by atoms with Gasteiger partial charge < -0.3 is 14.9 Å². The Balaban J connectivity index is 1.58. The number of hydrogen-bond donors (Lipinski definition) is 1. The summed E-state index contributed by atoms with van der Waals surface area (Å²) >= 11 is 0. The summed E-state index contributed by atoms with van der Waals surface area (Å²) in [5.41, 5.74) is 0. The molecule has 2 saturated heterocycles. The Bertz CT molecular complexity index is 243. The molecule has 1 N–H and O–H groups in total. The van der Waals surface area contributed by atoms with Crippen molar-refractivity contribution in [3.8, 4) is 0 Å². The van der Waals surface area contributed by atoms with Crippen molar-refractivity contribution >= 4 is 0 Å². The number of nitrogens with zero attached hydrogens (tertiary/aromatic N) is 2. The molecule has 0 bridgehead atoms. The van der Waals surface area contributed by atoms with Gasteiger partial charge in [0.05, 0.1) is 6.10 Å². The van der Waals surface area contributed by atoms with Crippen LogP contribution in [0.15, 0.2) is 0 Å². The number of aliphatic hydroxyl groups excluding tert-OH is 1. The first kappa shape index (κ1) is 15.3. The Morgan fingerprint density at radius 3 is 1.89 bits per heavy atom. The molecule has 0 radical (unpaired) electrons. The van der Waals surface area contributed by atoms with Crippen molar-refractivity contribution in [3.05, 3.63) is 0 Å². The van der Waals surface area contributed by atoms with Gasteiger partial charge in [-0.05, 0) is 70.1 Å². The highest BCUT2D eigenvalue weighted by atomic mass is 16.3. The first-order valence-corrected chi connectivity index (χ1v) is 8.26. The van der Waals surface area contributed by atoms with E-state index in [0.29, 0.717) is 0 Å². The van der Waals surface area contributed by atoms with Crippen molar-refractivity contribution < 1.29 is 5.11 Å². The van der Waals surface area contributed by atoms with Crippen LogP contribution >= 0.6 is 0 Å². The van der Waals surface area contributed by atoms with Crippen LogP contribution in [0.25, 0.3) is 0 Å². The Labute approximate surface area is 119 Å². The fourth-order valence-electron chi connectivity index (χ4n) is 3.25. The first-order chi connectivity index (χ1) is 9.13. The number of aliphatic hydroxyl groups is 1. The molecule has 2 aliphatic heterocycles. The number of β-amino-alcohol motifs (C(OH)–C–C–N with tert-alkyl or cyclic N) is 1. The molecule has 0 aromatic rings. The number of rotatable bonds is 5. The zero-order valence-corrected chi connectivity index (χ0v) is 12.9. The van der Waals surface area contributed by atoms with Gasteiger partial charge in [-0.2, -0.15) is 0 Å². The molecule has 0 saturated carbocycles. The van der Waals surface area contributed by atoms with Crippen LogP contribution in [0, 0.1) is 11.8 Å². The summed E-state index contributed by atoms with van der Waals surface area (Å²) in [6.45, 7) is 11.5. The van der Waals surface area contributed by atoms with E-state index >= 15 is 0 Å². The Morgan fingerprint density at radius 1 is 0.895 bits per heavy atom. The molecule has 0 aliphatic carbocycles. The van der Waals surface area contributed by atoms with Crippen molar-refractivity contribution in [1.29, 1.82) is 0 Å². The van der Waals surface area contributed by atoms with E-state index in [2.05, 4.69) is 23.6 Å². The SMILES string of the molecule is CC1CCN(CCC(O)CN2CCC(C)CC2)CC1. The maximum absolute atomic E-state index is 10.2. The van der Waals surface area contributed by atoms with Crippen molar-refractivity contribution in [2.45, 2.75) is 52.1 Å². The van der Waals surface area contributed by atoms with Gasteiger partial charge in [0.15, 0.2) is 0 Å². The molecule has 0 spiro atoms. The molecule has 1 atom stereocenters. The lowest BCUT2D eigenvalue weighted by Gasteiger charge is -2.33. The summed E-state index contributed by atoms with van der Waals surface area (Å²) in [6.07, 6.45) is 6.08. The Hall–Kier alpha value is -0.120. The van der Waals surface area contributed by atoms with Crippen LogP contribution in [0.2, 0.25) is 0 Å². The molecule has 3 heteroatoms. The van der Waals surface area contributed by atoms with Crippen molar-refractivity contribution in [2.75, 3.05) is 39.3 Å². The summed E-state index contributed by atoms with van der Waals surface area (Å²) in [6, 6.07) is 0. The minimum Gasteiger partial charge on any atom is -0.392 e. The van der Waals surface area contributed by atoms with Gasteiger partial charge in [0.2, 0.25) is 0 Å². The molecule has 2 fully saturated rings. The van der Waals surface area contributed by atoms with Crippen LogP contribution in [0.1, 0.15) is 46.0 Å². The van der Waals surface area contributed by atoms with Crippen molar-refractivity contribution in [2.24, 2.45) is 11.8 Å². The predicted octanol–water partition coefficient (Wildman–Crippen LogP) is 2.20. The lowest BCUT2D eigenvalue weighted by molar-refractivity contribution is 0.0726. The smallest absolute Gasteiger partial charge is 0.0679 e. The fraction of sp³-hybridized carbons (Fsp3) is 1.00. The van der Waals surface area contributed by atoms with E-state index in [1.54, 1.807) is 0 Å². The standard InChI is InChI=1S/C16H32N2O/c1-14-3-8-17(9-4-14)12-7-16(19)13-18-10-5-15(2)6-11-18/h14-16,19H,3-13H2,1-2H3. The predicted molar refractivity (Wildman–Crippen MR) is 80.3 cm³/mol. The zero-order chi connectivity index (χ0) is 13.7. The van der Waals surface area contributed by atoms with Gasteiger partial charge in [-0.3, -0.25) is 0 Å². The first-order valence-electron chi connectivity index (χ1n) is 8.26. The molecule has 0 amide bonds. The number of hydrogen-bond acceptors (Lipinski definition) is 3. The minimum absolute atomic E-state index is 0.132. The third-order valence-electron chi connectivity index (χ3n) is 5.00. The Kier molecular flexibility index (Phi) is 6.11. The van der Waals surface area contributed by atoms with E-state index in [0.717, 1.165) is 31.3 Å². The maximum Gasteiger partial charge on any atom is 0.0679 e. The molecule has 1 unspecified atom stereocenters. The molecule has 2 rings (SSSR count). The lowest BCUT2D eigenvalue weighted by Crippen LogP contribution is -2.40. The molecule has 3 nitrogen and oxygen atoms in total. The van der Waals surface area contributed by atoms with Crippen LogP contribution < -0.4 is 0 Å². The van der Waals surface area contributed by atoms with E-state index in [4.69, 9.17) is 0 Å². The minimum atomic E-state index is -0.132. The van der Waals surface area contributed by atoms with Gasteiger partial charge >= 0.3 is 0 Å². The van der Waals surface area contributed by atoms with Crippen LogP contribution in [-0.4, -0.2) is 60.3 Å². The average Bonchev–Trinajstić information content (AvgIpc) is 2.41. The summed E-state index contributed by atoms with van der Waals surface area (Å²) in [4.78, 5) is 4.98. The van der Waals surface area contributed by atoms with Gasteiger partial charge in [0, 0.05) is 13.1 Å². The maximum atomic E-state index is 10.2. The van der Waals surface area contributed by atoms with Crippen LogP contribution in [0.4, 0.5) is 0 Å². The summed E-state index contributed by atoms with van der Waals surface area (Å²) < 4.78 is 0. The third kappa shape index (κ3) is 5.41. The topological polar surface area (TPSA) is 26.7 Å². The molecule has 2 aliphatic rings. The van der Waals surface area contributed by atoms with Crippen LogP contribution in [0.5, 0.6) is 0 Å². The second-order valence-electron chi connectivity index (χ2n) is 6.95. The monoisotopic (exact) mass is 268 g/mol. The third-order valence-corrected chi connectivity index (χ3v) is 5.00. The normalized spacial score (nSPS) is 26.7. The highest BCUT2D eigenvalue weighted by Gasteiger charge is 2.20.